The number of allylic oxidation sites excluding steroid dienone is 2. The van der Waals surface area contributed by atoms with Gasteiger partial charge in [0.2, 0.25) is 11.8 Å². The van der Waals surface area contributed by atoms with Crippen LogP contribution in [0.25, 0.3) is 0 Å². The van der Waals surface area contributed by atoms with E-state index < -0.39 is 5.97 Å². The van der Waals surface area contributed by atoms with Crippen molar-refractivity contribution in [1.29, 1.82) is 0 Å². The number of anilines is 1. The first-order valence-electron chi connectivity index (χ1n) is 8.01. The molecule has 0 unspecified atom stereocenters. The van der Waals surface area contributed by atoms with Crippen LogP contribution in [-0.4, -0.2) is 17.8 Å². The summed E-state index contributed by atoms with van der Waals surface area (Å²) in [6.07, 6.45) is 5.02. The van der Waals surface area contributed by atoms with Crippen molar-refractivity contribution in [2.75, 3.05) is 4.90 Å². The topological polar surface area (TPSA) is 63.7 Å². The van der Waals surface area contributed by atoms with Gasteiger partial charge in [0.15, 0.2) is 0 Å². The summed E-state index contributed by atoms with van der Waals surface area (Å²) in [5.41, 5.74) is 0.733. The number of esters is 1. The second-order valence-corrected chi connectivity index (χ2v) is 6.68. The Morgan fingerprint density at radius 3 is 2.38 bits per heavy atom. The summed E-state index contributed by atoms with van der Waals surface area (Å²) in [4.78, 5) is 38.5. The molecule has 1 saturated carbocycles. The number of imide groups is 1. The van der Waals surface area contributed by atoms with Gasteiger partial charge in [-0.05, 0) is 37.3 Å². The maximum absolute atomic E-state index is 12.8. The van der Waals surface area contributed by atoms with Crippen LogP contribution in [0.15, 0.2) is 48.6 Å². The molecule has 0 radical (unpaired) electrons. The minimum Gasteiger partial charge on any atom is -0.423 e. The molecule has 0 spiro atoms. The van der Waals surface area contributed by atoms with Gasteiger partial charge in [-0.1, -0.05) is 24.8 Å². The lowest BCUT2D eigenvalue weighted by Gasteiger charge is -2.18. The van der Waals surface area contributed by atoms with Crippen LogP contribution in [0.5, 0.6) is 5.75 Å². The smallest absolute Gasteiger partial charge is 0.338 e. The molecule has 1 aliphatic heterocycles. The van der Waals surface area contributed by atoms with Crippen LogP contribution in [-0.2, 0) is 14.4 Å². The molecule has 1 aromatic rings. The molecule has 0 aromatic heterocycles. The molecule has 1 heterocycles. The zero-order chi connectivity index (χ0) is 17.0. The minimum absolute atomic E-state index is 0.148. The lowest BCUT2D eigenvalue weighted by Crippen LogP contribution is -2.32. The molecule has 2 aliphatic carbocycles. The molecular weight excluding hydrogens is 306 g/mol. The van der Waals surface area contributed by atoms with Gasteiger partial charge < -0.3 is 4.74 Å². The van der Waals surface area contributed by atoms with Crippen LogP contribution >= 0.6 is 0 Å². The maximum Gasteiger partial charge on any atom is 0.338 e. The fraction of sp³-hybridized carbons (Fsp3) is 0.316. The summed E-state index contributed by atoms with van der Waals surface area (Å²) in [5, 5.41) is 0. The van der Waals surface area contributed by atoms with Gasteiger partial charge in [-0.2, -0.15) is 0 Å². The summed E-state index contributed by atoms with van der Waals surface area (Å²) < 4.78 is 5.20. The Labute approximate surface area is 139 Å². The summed E-state index contributed by atoms with van der Waals surface area (Å²) in [6, 6.07) is 6.51. The van der Waals surface area contributed by atoms with Crippen LogP contribution in [0.4, 0.5) is 5.69 Å². The highest BCUT2D eigenvalue weighted by molar-refractivity contribution is 6.22. The third kappa shape index (κ3) is 2.04. The highest BCUT2D eigenvalue weighted by Gasteiger charge is 2.59. The molecular formula is C19H17NO4. The van der Waals surface area contributed by atoms with Gasteiger partial charge in [-0.3, -0.25) is 9.59 Å². The Morgan fingerprint density at radius 2 is 1.79 bits per heavy atom. The number of hydrogen-bond acceptors (Lipinski definition) is 4. The number of rotatable bonds is 3. The maximum atomic E-state index is 12.8. The normalized spacial score (nSPS) is 30.0. The number of amides is 2. The molecule has 3 aliphatic rings. The summed E-state index contributed by atoms with van der Waals surface area (Å²) in [6.45, 7) is 5.10. The van der Waals surface area contributed by atoms with Crippen molar-refractivity contribution in [3.8, 4) is 5.75 Å². The van der Waals surface area contributed by atoms with E-state index in [0.29, 0.717) is 11.4 Å². The lowest BCUT2D eigenvalue weighted by molar-refractivity contribution is -0.130. The Balaban J connectivity index is 1.63. The number of benzene rings is 1. The molecule has 2 amide bonds. The summed E-state index contributed by atoms with van der Waals surface area (Å²) in [7, 11) is 0. The van der Waals surface area contributed by atoms with E-state index in [1.165, 1.54) is 4.90 Å². The van der Waals surface area contributed by atoms with Gasteiger partial charge in [-0.15, -0.1) is 0 Å². The number of nitrogens with zero attached hydrogens (tertiary/aromatic N) is 1. The van der Waals surface area contributed by atoms with Crippen molar-refractivity contribution in [3.05, 3.63) is 48.6 Å². The van der Waals surface area contributed by atoms with Crippen molar-refractivity contribution < 1.29 is 19.1 Å². The first kappa shape index (κ1) is 14.9. The molecule has 1 aromatic carbocycles. The molecule has 2 fully saturated rings. The van der Waals surface area contributed by atoms with Crippen LogP contribution in [0, 0.1) is 23.7 Å². The second-order valence-electron chi connectivity index (χ2n) is 6.68. The van der Waals surface area contributed by atoms with Crippen molar-refractivity contribution in [1.82, 2.24) is 0 Å². The number of carbonyl (C=O) groups is 3. The lowest BCUT2D eigenvalue weighted by atomic mass is 9.85. The molecule has 2 bridgehead atoms. The predicted molar refractivity (Wildman–Crippen MR) is 87.1 cm³/mol. The van der Waals surface area contributed by atoms with E-state index in [0.717, 1.165) is 6.42 Å². The zero-order valence-electron chi connectivity index (χ0n) is 13.3. The Morgan fingerprint density at radius 1 is 1.17 bits per heavy atom. The third-order valence-electron chi connectivity index (χ3n) is 5.11. The van der Waals surface area contributed by atoms with Gasteiger partial charge in [0.1, 0.15) is 5.75 Å². The van der Waals surface area contributed by atoms with Gasteiger partial charge in [0.25, 0.3) is 0 Å². The van der Waals surface area contributed by atoms with Crippen LogP contribution < -0.4 is 9.64 Å². The van der Waals surface area contributed by atoms with Crippen molar-refractivity contribution in [2.45, 2.75) is 13.3 Å². The van der Waals surface area contributed by atoms with E-state index in [2.05, 4.69) is 18.7 Å². The molecule has 0 N–H and O–H groups in total. The number of ether oxygens (including phenoxy) is 1. The first-order chi connectivity index (χ1) is 11.5. The minimum atomic E-state index is -0.537. The second kappa shape index (κ2) is 5.16. The number of carbonyl (C=O) groups excluding carboxylic acids is 3. The van der Waals surface area contributed by atoms with Gasteiger partial charge >= 0.3 is 5.97 Å². The zero-order valence-corrected chi connectivity index (χ0v) is 13.3. The molecule has 5 heteroatoms. The SMILES string of the molecule is C=C(C)C(=O)Oc1cccc(N2C(=O)[C@@H]3[C@H](C2=O)[C@@H]2C=C[C@H]3C2)c1. The van der Waals surface area contributed by atoms with E-state index in [4.69, 9.17) is 4.74 Å². The Kier molecular flexibility index (Phi) is 3.20. The summed E-state index contributed by atoms with van der Waals surface area (Å²) in [5.74, 6) is -0.681. The van der Waals surface area contributed by atoms with Gasteiger partial charge in [0.05, 0.1) is 17.5 Å². The van der Waals surface area contributed by atoms with Crippen molar-refractivity contribution in [3.63, 3.8) is 0 Å². The molecule has 122 valence electrons. The highest BCUT2D eigenvalue weighted by Crippen LogP contribution is 2.53. The van der Waals surface area contributed by atoms with Gasteiger partial charge in [0, 0.05) is 11.6 Å². The highest BCUT2D eigenvalue weighted by atomic mass is 16.5. The third-order valence-corrected chi connectivity index (χ3v) is 5.11. The van der Waals surface area contributed by atoms with Crippen LogP contribution in [0.3, 0.4) is 0 Å². The fourth-order valence-corrected chi connectivity index (χ4v) is 4.04. The molecule has 4 atom stereocenters. The van der Waals surface area contributed by atoms with Crippen LogP contribution in [0.1, 0.15) is 13.3 Å². The van der Waals surface area contributed by atoms with Crippen molar-refractivity contribution >= 4 is 23.5 Å². The van der Waals surface area contributed by atoms with E-state index >= 15 is 0 Å². The average Bonchev–Trinajstić information content (AvgIpc) is 3.21. The number of hydrogen-bond donors (Lipinski definition) is 0. The van der Waals surface area contributed by atoms with E-state index in [9.17, 15) is 14.4 Å². The predicted octanol–water partition coefficient (Wildman–Crippen LogP) is 2.48. The fourth-order valence-electron chi connectivity index (χ4n) is 4.04. The van der Waals surface area contributed by atoms with Gasteiger partial charge in [-0.25, -0.2) is 9.69 Å². The van der Waals surface area contributed by atoms with E-state index in [-0.39, 0.29) is 41.1 Å². The Hall–Kier alpha value is -2.69. The largest absolute Gasteiger partial charge is 0.423 e. The van der Waals surface area contributed by atoms with Crippen molar-refractivity contribution in [2.24, 2.45) is 23.7 Å². The standard InChI is InChI=1S/C19H17NO4/c1-10(2)19(23)24-14-5-3-4-13(9-14)20-17(21)15-11-6-7-12(8-11)16(15)18(20)22/h3-7,9,11-12,15-16H,1,8H2,2H3/t11-,12+,15-,16+. The van der Waals surface area contributed by atoms with E-state index in [1.54, 1.807) is 31.2 Å². The number of fused-ring (bicyclic) bond motifs is 5. The first-order valence-corrected chi connectivity index (χ1v) is 8.01. The molecule has 1 saturated heterocycles. The molecule has 4 rings (SSSR count). The van der Waals surface area contributed by atoms with E-state index in [1.807, 2.05) is 0 Å². The monoisotopic (exact) mass is 323 g/mol. The Bertz CT molecular complexity index is 779. The molecule has 24 heavy (non-hydrogen) atoms. The average molecular weight is 323 g/mol. The summed E-state index contributed by atoms with van der Waals surface area (Å²) >= 11 is 0. The van der Waals surface area contributed by atoms with Crippen LogP contribution in [0.2, 0.25) is 0 Å². The quantitative estimate of drug-likeness (QED) is 0.282. The molecule has 5 nitrogen and oxygen atoms in total.